The topological polar surface area (TPSA) is 178 Å². The first-order valence-electron chi connectivity index (χ1n) is 10.4. The van der Waals surface area contributed by atoms with Crippen LogP contribution in [0.1, 0.15) is 46.0 Å². The van der Waals surface area contributed by atoms with Crippen LogP contribution in [-0.2, 0) is 14.4 Å². The number of ketones is 1. The highest BCUT2D eigenvalue weighted by Crippen LogP contribution is 2.22. The van der Waals surface area contributed by atoms with Crippen LogP contribution in [0, 0.1) is 11.3 Å². The molecule has 1 saturated heterocycles. The van der Waals surface area contributed by atoms with Crippen molar-refractivity contribution >= 4 is 29.7 Å². The lowest BCUT2D eigenvalue weighted by Crippen LogP contribution is -2.56. The fraction of sp³-hybridized carbons (Fsp3) is 0.737. The number of carbonyl (C=O) groups is 4. The molecule has 0 spiro atoms. The SMILES string of the molecule is CC[C@@H](C)[C@H](NC(=O)O)C(=O)N1CCCC1C(=O)NC(CCCNC(=N)N)C(=O)CF. The van der Waals surface area contributed by atoms with Gasteiger partial charge in [-0.25, -0.2) is 9.18 Å². The summed E-state index contributed by atoms with van der Waals surface area (Å²) in [6, 6.07) is -2.91. The predicted molar refractivity (Wildman–Crippen MR) is 111 cm³/mol. The molecule has 0 radical (unpaired) electrons. The summed E-state index contributed by atoms with van der Waals surface area (Å²) in [5, 5.41) is 23.5. The Bertz CT molecular complexity index is 676. The molecule has 176 valence electrons. The lowest BCUT2D eigenvalue weighted by molar-refractivity contribution is -0.141. The van der Waals surface area contributed by atoms with Crippen LogP contribution < -0.4 is 21.7 Å². The Hall–Kier alpha value is -2.92. The summed E-state index contributed by atoms with van der Waals surface area (Å²) < 4.78 is 13.0. The fourth-order valence-electron chi connectivity index (χ4n) is 3.50. The maximum Gasteiger partial charge on any atom is 0.405 e. The van der Waals surface area contributed by atoms with Gasteiger partial charge in [-0.05, 0) is 31.6 Å². The fourth-order valence-corrected chi connectivity index (χ4v) is 3.50. The quantitative estimate of drug-likeness (QED) is 0.139. The normalized spacial score (nSPS) is 18.5. The average Bonchev–Trinajstić information content (AvgIpc) is 3.22. The van der Waals surface area contributed by atoms with Crippen molar-refractivity contribution in [3.8, 4) is 0 Å². The molecule has 1 aliphatic heterocycles. The number of hydrogen-bond acceptors (Lipinski definition) is 5. The van der Waals surface area contributed by atoms with Gasteiger partial charge < -0.3 is 31.7 Å². The number of halogens is 1. The monoisotopic (exact) mass is 444 g/mol. The van der Waals surface area contributed by atoms with E-state index in [0.717, 1.165) is 0 Å². The van der Waals surface area contributed by atoms with E-state index in [1.807, 2.05) is 6.92 Å². The number of carbonyl (C=O) groups excluding carboxylic acids is 3. The molecule has 1 heterocycles. The molecule has 0 aromatic heterocycles. The summed E-state index contributed by atoms with van der Waals surface area (Å²) in [5.74, 6) is -2.35. The van der Waals surface area contributed by atoms with Gasteiger partial charge >= 0.3 is 6.09 Å². The highest BCUT2D eigenvalue weighted by atomic mass is 19.1. The van der Waals surface area contributed by atoms with Gasteiger partial charge in [0.15, 0.2) is 11.7 Å². The lowest BCUT2D eigenvalue weighted by atomic mass is 9.97. The molecule has 31 heavy (non-hydrogen) atoms. The van der Waals surface area contributed by atoms with Crippen LogP contribution in [0.15, 0.2) is 0 Å². The standard InChI is InChI=1S/C19H33FN6O5/c1-3-11(2)15(25-19(30)31)17(29)26-9-5-7-13(26)16(28)24-12(14(27)10-20)6-4-8-23-18(21)22/h11-13,15,25H,3-10H2,1-2H3,(H,24,28)(H,30,31)(H4,21,22,23)/t11-,12?,13?,15+/m1/s1. The second kappa shape index (κ2) is 12.7. The van der Waals surface area contributed by atoms with Crippen molar-refractivity contribution in [3.63, 3.8) is 0 Å². The van der Waals surface area contributed by atoms with Gasteiger partial charge in [0.1, 0.15) is 18.8 Å². The van der Waals surface area contributed by atoms with Crippen molar-refractivity contribution in [3.05, 3.63) is 0 Å². The molecule has 0 aromatic carbocycles. The van der Waals surface area contributed by atoms with Crippen LogP contribution in [0.3, 0.4) is 0 Å². The van der Waals surface area contributed by atoms with Gasteiger partial charge in [0.2, 0.25) is 11.8 Å². The molecule has 11 nitrogen and oxygen atoms in total. The number of nitrogens with zero attached hydrogens (tertiary/aromatic N) is 1. The van der Waals surface area contributed by atoms with Crippen molar-refractivity contribution in [1.82, 2.24) is 20.9 Å². The van der Waals surface area contributed by atoms with Gasteiger partial charge in [0.05, 0.1) is 6.04 Å². The van der Waals surface area contributed by atoms with Crippen LogP contribution in [0.2, 0.25) is 0 Å². The van der Waals surface area contributed by atoms with E-state index in [4.69, 9.17) is 16.2 Å². The third-order valence-electron chi connectivity index (χ3n) is 5.42. The van der Waals surface area contributed by atoms with Crippen LogP contribution in [0.25, 0.3) is 0 Å². The number of amides is 3. The van der Waals surface area contributed by atoms with Crippen LogP contribution in [-0.4, -0.2) is 77.5 Å². The Morgan fingerprint density at radius 3 is 2.52 bits per heavy atom. The van der Waals surface area contributed by atoms with E-state index in [9.17, 15) is 23.6 Å². The molecular formula is C19H33FN6O5. The Kier molecular flexibility index (Phi) is 10.7. The number of likely N-dealkylation sites (tertiary alicyclic amines) is 1. The van der Waals surface area contributed by atoms with Gasteiger partial charge in [-0.3, -0.25) is 19.8 Å². The molecule has 0 bridgehead atoms. The highest BCUT2D eigenvalue weighted by molar-refractivity contribution is 5.95. The largest absolute Gasteiger partial charge is 0.465 e. The van der Waals surface area contributed by atoms with Crippen molar-refractivity contribution in [2.24, 2.45) is 11.7 Å². The Morgan fingerprint density at radius 1 is 1.29 bits per heavy atom. The summed E-state index contributed by atoms with van der Waals surface area (Å²) in [5.41, 5.74) is 5.18. The van der Waals surface area contributed by atoms with E-state index in [1.165, 1.54) is 4.90 Å². The Balaban J connectivity index is 2.85. The van der Waals surface area contributed by atoms with Crippen molar-refractivity contribution in [2.45, 2.75) is 64.1 Å². The van der Waals surface area contributed by atoms with E-state index < -0.39 is 48.5 Å². The van der Waals surface area contributed by atoms with E-state index in [1.54, 1.807) is 6.92 Å². The van der Waals surface area contributed by atoms with E-state index in [-0.39, 0.29) is 31.4 Å². The summed E-state index contributed by atoms with van der Waals surface area (Å²) >= 11 is 0. The second-order valence-electron chi connectivity index (χ2n) is 7.65. The molecular weight excluding hydrogens is 411 g/mol. The Morgan fingerprint density at radius 2 is 1.97 bits per heavy atom. The Labute approximate surface area is 180 Å². The first-order valence-corrected chi connectivity index (χ1v) is 10.4. The van der Waals surface area contributed by atoms with Gasteiger partial charge in [-0.1, -0.05) is 20.3 Å². The van der Waals surface area contributed by atoms with Crippen LogP contribution in [0.5, 0.6) is 0 Å². The molecule has 12 heteroatoms. The zero-order valence-corrected chi connectivity index (χ0v) is 17.9. The van der Waals surface area contributed by atoms with Crippen molar-refractivity contribution < 1.29 is 28.7 Å². The first-order chi connectivity index (χ1) is 14.6. The summed E-state index contributed by atoms with van der Waals surface area (Å²) in [6.07, 6.45) is 0.650. The average molecular weight is 445 g/mol. The highest BCUT2D eigenvalue weighted by Gasteiger charge is 2.40. The molecule has 0 aliphatic carbocycles. The first kappa shape index (κ1) is 26.1. The number of rotatable bonds is 12. The van der Waals surface area contributed by atoms with Crippen LogP contribution >= 0.6 is 0 Å². The van der Waals surface area contributed by atoms with Crippen molar-refractivity contribution in [2.75, 3.05) is 19.8 Å². The minimum absolute atomic E-state index is 0.144. The van der Waals surface area contributed by atoms with E-state index >= 15 is 0 Å². The molecule has 2 unspecified atom stereocenters. The number of hydrogen-bond donors (Lipinski definition) is 6. The number of nitrogens with two attached hydrogens (primary N) is 1. The van der Waals surface area contributed by atoms with Gasteiger partial charge in [-0.2, -0.15) is 0 Å². The third kappa shape index (κ3) is 8.02. The van der Waals surface area contributed by atoms with Gasteiger partial charge in [0.25, 0.3) is 0 Å². The minimum Gasteiger partial charge on any atom is -0.465 e. The molecule has 0 aromatic rings. The van der Waals surface area contributed by atoms with Gasteiger partial charge in [-0.15, -0.1) is 0 Å². The third-order valence-corrected chi connectivity index (χ3v) is 5.42. The molecule has 7 N–H and O–H groups in total. The maximum atomic E-state index is 13.0. The molecule has 1 aliphatic rings. The molecule has 0 saturated carbocycles. The number of nitrogens with one attached hydrogen (secondary N) is 4. The zero-order chi connectivity index (χ0) is 23.6. The predicted octanol–water partition coefficient (Wildman–Crippen LogP) is -0.0536. The maximum absolute atomic E-state index is 13.0. The summed E-state index contributed by atoms with van der Waals surface area (Å²) in [4.78, 5) is 50.2. The zero-order valence-electron chi connectivity index (χ0n) is 17.9. The van der Waals surface area contributed by atoms with Crippen LogP contribution in [0.4, 0.5) is 9.18 Å². The summed E-state index contributed by atoms with van der Waals surface area (Å²) in [7, 11) is 0. The molecule has 4 atom stereocenters. The molecule has 1 rings (SSSR count). The number of alkyl halides is 1. The van der Waals surface area contributed by atoms with E-state index in [0.29, 0.717) is 25.7 Å². The molecule has 3 amide bonds. The number of carboxylic acid groups (broad SMARTS) is 1. The lowest BCUT2D eigenvalue weighted by Gasteiger charge is -2.31. The van der Waals surface area contributed by atoms with Crippen molar-refractivity contribution in [1.29, 1.82) is 5.41 Å². The van der Waals surface area contributed by atoms with Gasteiger partial charge in [0, 0.05) is 13.1 Å². The number of guanidine groups is 1. The summed E-state index contributed by atoms with van der Waals surface area (Å²) in [6.45, 7) is 2.91. The minimum atomic E-state index is -1.33. The number of Topliss-reactive ketones (excluding diaryl/α,β-unsaturated/α-hetero) is 1. The molecule has 1 fully saturated rings. The van der Waals surface area contributed by atoms with E-state index in [2.05, 4.69) is 16.0 Å². The smallest absolute Gasteiger partial charge is 0.405 e. The second-order valence-corrected chi connectivity index (χ2v) is 7.65.